The number of rotatable bonds is 6. The molecule has 1 heterocycles. The Hall–Kier alpha value is -1.46. The highest BCUT2D eigenvalue weighted by Crippen LogP contribution is 2.47. The number of oxazole rings is 1. The molecule has 0 aliphatic heterocycles. The normalized spacial score (nSPS) is 21.2. The second-order valence-corrected chi connectivity index (χ2v) is 7.69. The lowest BCUT2D eigenvalue weighted by Gasteiger charge is -2.41. The summed E-state index contributed by atoms with van der Waals surface area (Å²) in [6.45, 7) is 4.81. The van der Waals surface area contributed by atoms with Gasteiger partial charge in [-0.3, -0.25) is 0 Å². The minimum absolute atomic E-state index is 0.0308. The second kappa shape index (κ2) is 5.53. The predicted molar refractivity (Wildman–Crippen MR) is 90.6 cm³/mol. The van der Waals surface area contributed by atoms with Crippen LogP contribution in [0.2, 0.25) is 0 Å². The highest BCUT2D eigenvalue weighted by atomic mass is 19.1. The number of ether oxygens (including phenoxy) is 1. The van der Waals surface area contributed by atoms with Crippen LogP contribution in [0.4, 0.5) is 4.39 Å². The van der Waals surface area contributed by atoms with Gasteiger partial charge in [0.05, 0.1) is 5.60 Å². The molecule has 0 bridgehead atoms. The van der Waals surface area contributed by atoms with Crippen LogP contribution in [0.15, 0.2) is 16.5 Å². The van der Waals surface area contributed by atoms with Crippen molar-refractivity contribution in [3.8, 4) is 0 Å². The van der Waals surface area contributed by atoms with Gasteiger partial charge in [0.25, 0.3) is 0 Å². The van der Waals surface area contributed by atoms with Gasteiger partial charge >= 0.3 is 0 Å². The van der Waals surface area contributed by atoms with E-state index in [1.807, 2.05) is 19.9 Å². The van der Waals surface area contributed by atoms with Crippen molar-refractivity contribution >= 4 is 11.1 Å². The third-order valence-corrected chi connectivity index (χ3v) is 5.70. The van der Waals surface area contributed by atoms with Gasteiger partial charge in [0.2, 0.25) is 0 Å². The standard InChI is InChI=1S/C19H25FN2O2/c1-12(2)17-22-15-10-13(9-14(20)16(15)24-17)19(7-8-19)21-11-18(23-3)5-4-6-18/h9-10,12,21H,4-8,11H2,1-3H3. The van der Waals surface area contributed by atoms with Crippen LogP contribution in [0.1, 0.15) is 63.3 Å². The lowest BCUT2D eigenvalue weighted by molar-refractivity contribution is -0.0715. The van der Waals surface area contributed by atoms with Crippen LogP contribution in [0.25, 0.3) is 11.1 Å². The van der Waals surface area contributed by atoms with Gasteiger partial charge in [-0.1, -0.05) is 13.8 Å². The minimum Gasteiger partial charge on any atom is -0.437 e. The van der Waals surface area contributed by atoms with Gasteiger partial charge in [0, 0.05) is 25.1 Å². The van der Waals surface area contributed by atoms with Crippen molar-refractivity contribution in [2.45, 2.75) is 63.0 Å². The highest BCUT2D eigenvalue weighted by molar-refractivity contribution is 5.75. The van der Waals surface area contributed by atoms with Crippen LogP contribution in [0.3, 0.4) is 0 Å². The molecule has 0 unspecified atom stereocenters. The summed E-state index contributed by atoms with van der Waals surface area (Å²) in [6, 6.07) is 3.59. The summed E-state index contributed by atoms with van der Waals surface area (Å²) in [5.41, 5.74) is 1.70. The predicted octanol–water partition coefficient (Wildman–Crippen LogP) is 4.24. The zero-order valence-electron chi connectivity index (χ0n) is 14.6. The molecule has 1 aromatic heterocycles. The van der Waals surface area contributed by atoms with Crippen LogP contribution in [0.5, 0.6) is 0 Å². The van der Waals surface area contributed by atoms with Crippen molar-refractivity contribution in [1.29, 1.82) is 0 Å². The van der Waals surface area contributed by atoms with Crippen molar-refractivity contribution in [3.05, 3.63) is 29.4 Å². The van der Waals surface area contributed by atoms with Crippen molar-refractivity contribution in [3.63, 3.8) is 0 Å². The highest BCUT2D eigenvalue weighted by Gasteiger charge is 2.47. The number of halogens is 1. The Bertz CT molecular complexity index is 755. The molecule has 2 fully saturated rings. The van der Waals surface area contributed by atoms with E-state index in [1.165, 1.54) is 6.42 Å². The summed E-state index contributed by atoms with van der Waals surface area (Å²) in [6.07, 6.45) is 5.46. The summed E-state index contributed by atoms with van der Waals surface area (Å²) in [4.78, 5) is 4.47. The molecule has 2 aliphatic rings. The third kappa shape index (κ3) is 2.54. The Kier molecular flexibility index (Phi) is 3.69. The van der Waals surface area contributed by atoms with Gasteiger partial charge in [-0.25, -0.2) is 9.37 Å². The first-order chi connectivity index (χ1) is 11.5. The first kappa shape index (κ1) is 16.0. The van der Waals surface area contributed by atoms with Gasteiger partial charge in [-0.2, -0.15) is 0 Å². The molecule has 2 aliphatic carbocycles. The molecule has 0 atom stereocenters. The van der Waals surface area contributed by atoms with Gasteiger partial charge in [0.1, 0.15) is 5.52 Å². The fourth-order valence-corrected chi connectivity index (χ4v) is 3.58. The number of nitrogens with zero attached hydrogens (tertiary/aromatic N) is 1. The minimum atomic E-state index is -0.319. The molecule has 0 saturated heterocycles. The molecular weight excluding hydrogens is 307 g/mol. The molecule has 0 spiro atoms. The van der Waals surface area contributed by atoms with Crippen LogP contribution >= 0.6 is 0 Å². The first-order valence-corrected chi connectivity index (χ1v) is 8.88. The molecule has 1 N–H and O–H groups in total. The number of aromatic nitrogens is 1. The van der Waals surface area contributed by atoms with Crippen LogP contribution in [-0.4, -0.2) is 24.2 Å². The Balaban J connectivity index is 1.61. The number of hydrogen-bond acceptors (Lipinski definition) is 4. The Morgan fingerprint density at radius 3 is 2.58 bits per heavy atom. The quantitative estimate of drug-likeness (QED) is 0.859. The SMILES string of the molecule is COC1(CNC2(c3cc(F)c4oc(C(C)C)nc4c3)CC2)CCC1. The summed E-state index contributed by atoms with van der Waals surface area (Å²) >= 11 is 0. The van der Waals surface area contributed by atoms with E-state index < -0.39 is 0 Å². The monoisotopic (exact) mass is 332 g/mol. The number of methoxy groups -OCH3 is 1. The van der Waals surface area contributed by atoms with Gasteiger partial charge in [-0.05, 0) is 49.8 Å². The topological polar surface area (TPSA) is 47.3 Å². The van der Waals surface area contributed by atoms with E-state index in [2.05, 4.69) is 10.3 Å². The number of fused-ring (bicyclic) bond motifs is 1. The molecular formula is C19H25FN2O2. The van der Waals surface area contributed by atoms with Crippen molar-refractivity contribution in [1.82, 2.24) is 10.3 Å². The molecule has 4 rings (SSSR count). The van der Waals surface area contributed by atoms with Crippen molar-refractivity contribution in [2.24, 2.45) is 0 Å². The van der Waals surface area contributed by atoms with Crippen molar-refractivity contribution < 1.29 is 13.5 Å². The van der Waals surface area contributed by atoms with Gasteiger partial charge < -0.3 is 14.5 Å². The van der Waals surface area contributed by atoms with E-state index in [-0.39, 0.29) is 28.5 Å². The Morgan fingerprint density at radius 1 is 1.29 bits per heavy atom. The van der Waals surface area contributed by atoms with Crippen molar-refractivity contribution in [2.75, 3.05) is 13.7 Å². The molecule has 0 amide bonds. The van der Waals surface area contributed by atoms with E-state index >= 15 is 0 Å². The fraction of sp³-hybridized carbons (Fsp3) is 0.632. The van der Waals surface area contributed by atoms with E-state index in [4.69, 9.17) is 9.15 Å². The van der Waals surface area contributed by atoms with Crippen LogP contribution < -0.4 is 5.32 Å². The van der Waals surface area contributed by atoms with E-state index in [0.717, 1.165) is 37.8 Å². The Morgan fingerprint density at radius 2 is 2.04 bits per heavy atom. The van der Waals surface area contributed by atoms with Gasteiger partial charge in [-0.15, -0.1) is 0 Å². The number of benzene rings is 1. The maximum Gasteiger partial charge on any atom is 0.198 e. The maximum atomic E-state index is 14.5. The number of nitrogens with one attached hydrogen (secondary N) is 1. The molecule has 5 heteroatoms. The smallest absolute Gasteiger partial charge is 0.198 e. The summed E-state index contributed by atoms with van der Waals surface area (Å²) in [5, 5.41) is 3.65. The van der Waals surface area contributed by atoms with Gasteiger partial charge in [0.15, 0.2) is 17.3 Å². The van der Waals surface area contributed by atoms with E-state index in [9.17, 15) is 4.39 Å². The zero-order chi connectivity index (χ0) is 16.9. The summed E-state index contributed by atoms with van der Waals surface area (Å²) in [5.74, 6) is 0.417. The first-order valence-electron chi connectivity index (χ1n) is 8.88. The van der Waals surface area contributed by atoms with Crippen LogP contribution in [-0.2, 0) is 10.3 Å². The molecule has 24 heavy (non-hydrogen) atoms. The molecule has 130 valence electrons. The average molecular weight is 332 g/mol. The lowest BCUT2D eigenvalue weighted by Crippen LogP contribution is -2.50. The molecule has 2 aromatic rings. The lowest BCUT2D eigenvalue weighted by atomic mass is 9.79. The second-order valence-electron chi connectivity index (χ2n) is 7.69. The third-order valence-electron chi connectivity index (χ3n) is 5.70. The molecule has 1 aromatic carbocycles. The molecule has 2 saturated carbocycles. The number of hydrogen-bond donors (Lipinski definition) is 1. The summed E-state index contributed by atoms with van der Waals surface area (Å²) < 4.78 is 25.8. The molecule has 4 nitrogen and oxygen atoms in total. The van der Waals surface area contributed by atoms with E-state index in [1.54, 1.807) is 13.2 Å². The van der Waals surface area contributed by atoms with Crippen LogP contribution in [0, 0.1) is 5.82 Å². The Labute approximate surface area is 141 Å². The van der Waals surface area contributed by atoms with E-state index in [0.29, 0.717) is 11.4 Å². The maximum absolute atomic E-state index is 14.5. The largest absolute Gasteiger partial charge is 0.437 e. The fourth-order valence-electron chi connectivity index (χ4n) is 3.58. The summed E-state index contributed by atoms with van der Waals surface area (Å²) in [7, 11) is 1.79. The average Bonchev–Trinajstić information content (AvgIpc) is 3.17. The zero-order valence-corrected chi connectivity index (χ0v) is 14.6. The molecule has 0 radical (unpaired) electrons.